The minimum Gasteiger partial charge on any atom is -0.544 e. The highest BCUT2D eigenvalue weighted by atomic mass is 127. The highest BCUT2D eigenvalue weighted by molar-refractivity contribution is 14.1. The highest BCUT2D eigenvalue weighted by Gasteiger charge is 2.18. The molecule has 0 aliphatic rings. The van der Waals surface area contributed by atoms with Crippen LogP contribution in [0.15, 0.2) is 18.2 Å². The van der Waals surface area contributed by atoms with Crippen molar-refractivity contribution < 1.29 is 14.3 Å². The molecule has 6 heteroatoms. The van der Waals surface area contributed by atoms with Crippen LogP contribution in [-0.4, -0.2) is 25.4 Å². The molecule has 3 N–H and O–H groups in total. The maximum atomic E-state index is 10.7. The van der Waals surface area contributed by atoms with Gasteiger partial charge in [-0.1, -0.05) is 6.07 Å². The Balaban J connectivity index is 2.83. The van der Waals surface area contributed by atoms with E-state index < -0.39 is 20.3 Å². The van der Waals surface area contributed by atoms with Gasteiger partial charge in [0.15, 0.2) is 0 Å². The molecule has 1 aromatic rings. The van der Waals surface area contributed by atoms with Gasteiger partial charge in [-0.25, -0.2) is 0 Å². The summed E-state index contributed by atoms with van der Waals surface area (Å²) in [6.45, 7) is 6.37. The summed E-state index contributed by atoms with van der Waals surface area (Å²) in [6.07, 6.45) is 0.332. The maximum absolute atomic E-state index is 10.7. The van der Waals surface area contributed by atoms with E-state index in [1.54, 1.807) is 0 Å². The lowest BCUT2D eigenvalue weighted by Crippen LogP contribution is -2.32. The molecular weight excluding hydrogens is 361 g/mol. The van der Waals surface area contributed by atoms with Gasteiger partial charge in [0, 0.05) is 0 Å². The second-order valence-electron chi connectivity index (χ2n) is 5.13. The van der Waals surface area contributed by atoms with Gasteiger partial charge in [0.1, 0.15) is 11.8 Å². The molecule has 0 unspecified atom stereocenters. The van der Waals surface area contributed by atoms with Gasteiger partial charge in [0.2, 0.25) is 8.32 Å². The van der Waals surface area contributed by atoms with E-state index in [1.807, 2.05) is 18.2 Å². The summed E-state index contributed by atoms with van der Waals surface area (Å²) in [6, 6.07) is 4.84. The number of hydrogen-bond donors (Lipinski definition) is 2. The molecule has 1 atom stereocenters. The van der Waals surface area contributed by atoms with Gasteiger partial charge in [-0.15, -0.1) is 0 Å². The summed E-state index contributed by atoms with van der Waals surface area (Å²) >= 11 is 2.20. The Morgan fingerprint density at radius 2 is 2.11 bits per heavy atom. The van der Waals surface area contributed by atoms with E-state index in [-0.39, 0.29) is 0 Å². The van der Waals surface area contributed by atoms with Crippen LogP contribution in [0.5, 0.6) is 5.75 Å². The SMILES string of the molecule is C[Si](C)(C)Oc1ccc(C[C@H](N)C(=O)O)cc1I. The quantitative estimate of drug-likeness (QED) is 0.609. The van der Waals surface area contributed by atoms with Crippen LogP contribution in [0.1, 0.15) is 5.56 Å². The molecule has 0 heterocycles. The van der Waals surface area contributed by atoms with Crippen LogP contribution < -0.4 is 10.2 Å². The van der Waals surface area contributed by atoms with Gasteiger partial charge in [-0.2, -0.15) is 0 Å². The first-order valence-corrected chi connectivity index (χ1v) is 10.1. The van der Waals surface area contributed by atoms with Gasteiger partial charge in [-0.05, 0) is 66.3 Å². The Morgan fingerprint density at radius 1 is 1.50 bits per heavy atom. The van der Waals surface area contributed by atoms with E-state index in [1.165, 1.54) is 0 Å². The average molecular weight is 379 g/mol. The van der Waals surface area contributed by atoms with E-state index in [9.17, 15) is 4.79 Å². The Labute approximate surface area is 122 Å². The predicted molar refractivity (Wildman–Crippen MR) is 82.4 cm³/mol. The molecule has 0 aliphatic carbocycles. The van der Waals surface area contributed by atoms with Crippen molar-refractivity contribution in [2.75, 3.05) is 0 Å². The van der Waals surface area contributed by atoms with Crippen LogP contribution in [0.2, 0.25) is 19.6 Å². The van der Waals surface area contributed by atoms with E-state index in [2.05, 4.69) is 42.2 Å². The Hall–Kier alpha value is -0.603. The van der Waals surface area contributed by atoms with Crippen LogP contribution in [0.25, 0.3) is 0 Å². The molecule has 0 aromatic heterocycles. The largest absolute Gasteiger partial charge is 0.544 e. The molecule has 4 nitrogen and oxygen atoms in total. The molecule has 0 fully saturated rings. The lowest BCUT2D eigenvalue weighted by molar-refractivity contribution is -0.138. The number of aliphatic carboxylic acids is 1. The van der Waals surface area contributed by atoms with Gasteiger partial charge < -0.3 is 15.3 Å². The van der Waals surface area contributed by atoms with Crippen molar-refractivity contribution in [3.63, 3.8) is 0 Å². The van der Waals surface area contributed by atoms with Crippen LogP contribution >= 0.6 is 22.6 Å². The first-order chi connectivity index (χ1) is 8.19. The van der Waals surface area contributed by atoms with E-state index in [0.717, 1.165) is 14.9 Å². The van der Waals surface area contributed by atoms with Crippen molar-refractivity contribution in [3.05, 3.63) is 27.3 Å². The number of benzene rings is 1. The van der Waals surface area contributed by atoms with Crippen LogP contribution in [0, 0.1) is 3.57 Å². The topological polar surface area (TPSA) is 72.5 Å². The second kappa shape index (κ2) is 6.03. The molecular formula is C12H18INO3Si. The fourth-order valence-electron chi connectivity index (χ4n) is 1.43. The summed E-state index contributed by atoms with van der Waals surface area (Å²) in [5.74, 6) is -0.116. The van der Waals surface area contributed by atoms with Crippen LogP contribution in [0.4, 0.5) is 0 Å². The summed E-state index contributed by atoms with van der Waals surface area (Å²) in [7, 11) is -1.62. The summed E-state index contributed by atoms with van der Waals surface area (Å²) in [4.78, 5) is 10.7. The second-order valence-corrected chi connectivity index (χ2v) is 10.7. The number of rotatable bonds is 5. The monoisotopic (exact) mass is 379 g/mol. The molecule has 1 rings (SSSR count). The van der Waals surface area contributed by atoms with E-state index in [0.29, 0.717) is 6.42 Å². The number of carboxylic acid groups (broad SMARTS) is 1. The third kappa shape index (κ3) is 4.95. The highest BCUT2D eigenvalue weighted by Crippen LogP contribution is 2.25. The summed E-state index contributed by atoms with van der Waals surface area (Å²) in [5.41, 5.74) is 6.43. The number of carboxylic acids is 1. The minimum absolute atomic E-state index is 0.332. The first-order valence-electron chi connectivity index (χ1n) is 5.65. The smallest absolute Gasteiger partial charge is 0.320 e. The zero-order chi connectivity index (χ0) is 13.9. The number of carbonyl (C=O) groups is 1. The summed E-state index contributed by atoms with van der Waals surface area (Å²) in [5, 5.41) is 8.77. The van der Waals surface area contributed by atoms with Crippen molar-refractivity contribution in [2.45, 2.75) is 32.1 Å². The zero-order valence-electron chi connectivity index (χ0n) is 10.7. The fraction of sp³-hybridized carbons (Fsp3) is 0.417. The van der Waals surface area contributed by atoms with Crippen molar-refractivity contribution in [2.24, 2.45) is 5.73 Å². The number of halogens is 1. The molecule has 0 radical (unpaired) electrons. The molecule has 1 aromatic carbocycles. The Bertz CT molecular complexity index is 445. The lowest BCUT2D eigenvalue weighted by Gasteiger charge is -2.20. The molecule has 18 heavy (non-hydrogen) atoms. The van der Waals surface area contributed by atoms with Gasteiger partial charge in [0.25, 0.3) is 0 Å². The van der Waals surface area contributed by atoms with E-state index in [4.69, 9.17) is 15.3 Å². The van der Waals surface area contributed by atoms with Crippen molar-refractivity contribution in [1.82, 2.24) is 0 Å². The molecule has 0 saturated heterocycles. The van der Waals surface area contributed by atoms with Crippen molar-refractivity contribution >= 4 is 36.9 Å². The molecule has 100 valence electrons. The third-order valence-corrected chi connectivity index (χ3v) is 3.86. The van der Waals surface area contributed by atoms with Crippen LogP contribution in [-0.2, 0) is 11.2 Å². The van der Waals surface area contributed by atoms with Gasteiger partial charge >= 0.3 is 5.97 Å². The zero-order valence-corrected chi connectivity index (χ0v) is 13.9. The lowest BCUT2D eigenvalue weighted by atomic mass is 10.1. The Kier molecular flexibility index (Phi) is 5.17. The first kappa shape index (κ1) is 15.5. The summed E-state index contributed by atoms with van der Waals surface area (Å²) < 4.78 is 6.91. The molecule has 0 bridgehead atoms. The molecule has 0 amide bonds. The predicted octanol–water partition coefficient (Wildman–Crippen LogP) is 2.46. The normalized spacial score (nSPS) is 13.2. The van der Waals surface area contributed by atoms with Gasteiger partial charge in [-0.3, -0.25) is 4.79 Å². The third-order valence-electron chi connectivity index (χ3n) is 2.19. The minimum atomic E-state index is -1.62. The van der Waals surface area contributed by atoms with E-state index >= 15 is 0 Å². The number of nitrogens with two attached hydrogens (primary N) is 1. The van der Waals surface area contributed by atoms with Crippen molar-refractivity contribution in [1.29, 1.82) is 0 Å². The van der Waals surface area contributed by atoms with Crippen LogP contribution in [0.3, 0.4) is 0 Å². The van der Waals surface area contributed by atoms with Crippen molar-refractivity contribution in [3.8, 4) is 5.75 Å². The Morgan fingerprint density at radius 3 is 2.56 bits per heavy atom. The molecule has 0 spiro atoms. The average Bonchev–Trinajstić information content (AvgIpc) is 2.20. The number of hydrogen-bond acceptors (Lipinski definition) is 3. The maximum Gasteiger partial charge on any atom is 0.320 e. The van der Waals surface area contributed by atoms with Gasteiger partial charge in [0.05, 0.1) is 3.57 Å². The molecule has 0 aliphatic heterocycles. The fourth-order valence-corrected chi connectivity index (χ4v) is 3.16. The standard InChI is InChI=1S/C12H18INO3Si/c1-18(2,3)17-11-5-4-8(6-9(11)13)7-10(14)12(15)16/h4-6,10H,7,14H2,1-3H3,(H,15,16)/t10-/m0/s1. The molecule has 0 saturated carbocycles.